The largest absolute Gasteiger partial charge is 0.488 e. The number of nitrogens with zero attached hydrogens (tertiary/aromatic N) is 1. The van der Waals surface area contributed by atoms with Crippen molar-refractivity contribution in [1.82, 2.24) is 5.43 Å². The van der Waals surface area contributed by atoms with Gasteiger partial charge in [0, 0.05) is 17.0 Å². The summed E-state index contributed by atoms with van der Waals surface area (Å²) in [7, 11) is 0. The Morgan fingerprint density at radius 3 is 2.86 bits per heavy atom. The monoisotopic (exact) mass is 360 g/mol. The second kappa shape index (κ2) is 7.75. The number of carbonyl (C=O) groups is 1. The van der Waals surface area contributed by atoms with Crippen molar-refractivity contribution in [3.05, 3.63) is 63.6 Å². The van der Waals surface area contributed by atoms with Crippen molar-refractivity contribution >= 4 is 28.1 Å². The summed E-state index contributed by atoms with van der Waals surface area (Å²) in [5.41, 5.74) is 5.47. The van der Waals surface area contributed by atoms with Crippen LogP contribution in [0.4, 0.5) is 0 Å². The molecule has 2 aromatic carbocycles. The van der Waals surface area contributed by atoms with E-state index in [1.165, 1.54) is 12.5 Å². The van der Waals surface area contributed by atoms with E-state index in [1.807, 2.05) is 30.3 Å². The van der Waals surface area contributed by atoms with Crippen LogP contribution in [0.5, 0.6) is 5.75 Å². The van der Waals surface area contributed by atoms with Gasteiger partial charge in [-0.15, -0.1) is 0 Å². The summed E-state index contributed by atoms with van der Waals surface area (Å²) in [6, 6.07) is 13.8. The van der Waals surface area contributed by atoms with Gasteiger partial charge in [0.05, 0.1) is 6.21 Å². The molecular formula is C17H17BrN2O2. The van der Waals surface area contributed by atoms with Crippen LogP contribution in [-0.4, -0.2) is 12.1 Å². The highest BCUT2D eigenvalue weighted by atomic mass is 79.9. The molecule has 0 saturated heterocycles. The predicted molar refractivity (Wildman–Crippen MR) is 91.1 cm³/mol. The van der Waals surface area contributed by atoms with E-state index in [4.69, 9.17) is 4.74 Å². The summed E-state index contributed by atoms with van der Waals surface area (Å²) in [6.45, 7) is 3.94. The Kier molecular flexibility index (Phi) is 5.72. The van der Waals surface area contributed by atoms with Crippen molar-refractivity contribution < 1.29 is 9.53 Å². The Labute approximate surface area is 138 Å². The highest BCUT2D eigenvalue weighted by Crippen LogP contribution is 2.23. The molecule has 4 nitrogen and oxygen atoms in total. The number of halogens is 1. The number of ether oxygens (including phenoxy) is 1. The van der Waals surface area contributed by atoms with Crippen LogP contribution >= 0.6 is 15.9 Å². The summed E-state index contributed by atoms with van der Waals surface area (Å²) < 4.78 is 6.78. The van der Waals surface area contributed by atoms with Gasteiger partial charge in [0.15, 0.2) is 0 Å². The van der Waals surface area contributed by atoms with Gasteiger partial charge in [-0.1, -0.05) is 45.8 Å². The highest BCUT2D eigenvalue weighted by molar-refractivity contribution is 9.10. The standard InChI is InChI=1S/C17H17BrN2O2/c1-12-4-3-5-14(8-12)11-22-17-7-6-16(18)9-15(17)10-19-20-13(2)21/h3-10H,11H2,1-2H3,(H,20,21)/b19-10-. The fourth-order valence-corrected chi connectivity index (χ4v) is 2.29. The number of carbonyl (C=O) groups excluding carboxylic acids is 1. The second-order valence-corrected chi connectivity index (χ2v) is 5.80. The van der Waals surface area contributed by atoms with Gasteiger partial charge in [-0.2, -0.15) is 5.10 Å². The van der Waals surface area contributed by atoms with E-state index in [9.17, 15) is 4.79 Å². The van der Waals surface area contributed by atoms with Crippen LogP contribution in [-0.2, 0) is 11.4 Å². The zero-order chi connectivity index (χ0) is 15.9. The molecule has 0 aliphatic carbocycles. The van der Waals surface area contributed by atoms with E-state index in [-0.39, 0.29) is 5.91 Å². The average Bonchev–Trinajstić information content (AvgIpc) is 2.46. The Bertz CT molecular complexity index is 699. The molecule has 1 N–H and O–H groups in total. The first-order valence-corrected chi connectivity index (χ1v) is 7.61. The molecule has 22 heavy (non-hydrogen) atoms. The minimum atomic E-state index is -0.214. The minimum absolute atomic E-state index is 0.214. The van der Waals surface area contributed by atoms with Crippen LogP contribution in [0.25, 0.3) is 0 Å². The fraction of sp³-hybridized carbons (Fsp3) is 0.176. The number of nitrogens with one attached hydrogen (secondary N) is 1. The van der Waals surface area contributed by atoms with Crippen LogP contribution < -0.4 is 10.2 Å². The smallest absolute Gasteiger partial charge is 0.236 e. The Morgan fingerprint density at radius 2 is 2.14 bits per heavy atom. The van der Waals surface area contributed by atoms with Crippen LogP contribution in [0.2, 0.25) is 0 Å². The molecule has 5 heteroatoms. The van der Waals surface area contributed by atoms with E-state index < -0.39 is 0 Å². The topological polar surface area (TPSA) is 50.7 Å². The number of hydrogen-bond donors (Lipinski definition) is 1. The van der Waals surface area contributed by atoms with Gasteiger partial charge in [-0.05, 0) is 30.7 Å². The van der Waals surface area contributed by atoms with Gasteiger partial charge >= 0.3 is 0 Å². The van der Waals surface area contributed by atoms with E-state index in [2.05, 4.69) is 45.5 Å². The Morgan fingerprint density at radius 1 is 1.32 bits per heavy atom. The van der Waals surface area contributed by atoms with E-state index in [0.717, 1.165) is 15.6 Å². The lowest BCUT2D eigenvalue weighted by molar-refractivity contribution is -0.118. The van der Waals surface area contributed by atoms with Crippen LogP contribution in [0, 0.1) is 6.92 Å². The highest BCUT2D eigenvalue weighted by Gasteiger charge is 2.04. The molecule has 1 amide bonds. The second-order valence-electron chi connectivity index (χ2n) is 4.89. The van der Waals surface area contributed by atoms with Crippen LogP contribution in [0.15, 0.2) is 52.0 Å². The van der Waals surface area contributed by atoms with E-state index >= 15 is 0 Å². The van der Waals surface area contributed by atoms with Crippen molar-refractivity contribution in [1.29, 1.82) is 0 Å². The van der Waals surface area contributed by atoms with Crippen molar-refractivity contribution in [3.63, 3.8) is 0 Å². The quantitative estimate of drug-likeness (QED) is 0.651. The average molecular weight is 361 g/mol. The molecule has 0 radical (unpaired) electrons. The van der Waals surface area contributed by atoms with Gasteiger partial charge in [-0.3, -0.25) is 4.79 Å². The lowest BCUT2D eigenvalue weighted by Crippen LogP contribution is -2.12. The maximum Gasteiger partial charge on any atom is 0.236 e. The minimum Gasteiger partial charge on any atom is -0.488 e. The number of hydrazone groups is 1. The molecule has 0 aliphatic rings. The summed E-state index contributed by atoms with van der Waals surface area (Å²) in [4.78, 5) is 10.9. The zero-order valence-corrected chi connectivity index (χ0v) is 14.1. The van der Waals surface area contributed by atoms with Gasteiger partial charge < -0.3 is 4.74 Å². The third-order valence-electron chi connectivity index (χ3n) is 2.87. The summed E-state index contributed by atoms with van der Waals surface area (Å²) >= 11 is 3.42. The van der Waals surface area contributed by atoms with Gasteiger partial charge in [0.1, 0.15) is 12.4 Å². The molecule has 0 saturated carbocycles. The molecule has 2 aromatic rings. The molecule has 0 aromatic heterocycles. The van der Waals surface area contributed by atoms with Crippen molar-refractivity contribution in [3.8, 4) is 5.75 Å². The molecule has 0 unspecified atom stereocenters. The summed E-state index contributed by atoms with van der Waals surface area (Å²) in [5, 5.41) is 3.89. The first-order valence-electron chi connectivity index (χ1n) is 6.82. The van der Waals surface area contributed by atoms with Gasteiger partial charge in [-0.25, -0.2) is 5.43 Å². The van der Waals surface area contributed by atoms with Crippen molar-refractivity contribution in [2.24, 2.45) is 5.10 Å². The van der Waals surface area contributed by atoms with Crippen LogP contribution in [0.1, 0.15) is 23.6 Å². The maximum atomic E-state index is 10.9. The number of rotatable bonds is 5. The molecule has 0 fully saturated rings. The third-order valence-corrected chi connectivity index (χ3v) is 3.37. The van der Waals surface area contributed by atoms with E-state index in [0.29, 0.717) is 12.4 Å². The number of hydrogen-bond acceptors (Lipinski definition) is 3. The third kappa shape index (κ3) is 5.00. The molecule has 0 heterocycles. The van der Waals surface area contributed by atoms with Crippen LogP contribution in [0.3, 0.4) is 0 Å². The molecule has 0 bridgehead atoms. The molecular weight excluding hydrogens is 344 g/mol. The molecule has 114 valence electrons. The Balaban J connectivity index is 2.12. The lowest BCUT2D eigenvalue weighted by Gasteiger charge is -2.10. The van der Waals surface area contributed by atoms with Crippen molar-refractivity contribution in [2.45, 2.75) is 20.5 Å². The number of benzene rings is 2. The first-order chi connectivity index (χ1) is 10.5. The SMILES string of the molecule is CC(=O)N/N=C\c1cc(Br)ccc1OCc1cccc(C)c1. The molecule has 0 spiro atoms. The molecule has 0 aliphatic heterocycles. The van der Waals surface area contributed by atoms with E-state index in [1.54, 1.807) is 6.21 Å². The first kappa shape index (κ1) is 16.2. The van der Waals surface area contributed by atoms with Gasteiger partial charge in [0.25, 0.3) is 0 Å². The summed E-state index contributed by atoms with van der Waals surface area (Å²) in [6.07, 6.45) is 1.57. The lowest BCUT2D eigenvalue weighted by atomic mass is 10.1. The zero-order valence-electron chi connectivity index (χ0n) is 12.5. The molecule has 0 atom stereocenters. The fourth-order valence-electron chi connectivity index (χ4n) is 1.91. The van der Waals surface area contributed by atoms with Crippen molar-refractivity contribution in [2.75, 3.05) is 0 Å². The summed E-state index contributed by atoms with van der Waals surface area (Å²) in [5.74, 6) is 0.493. The molecule has 2 rings (SSSR count). The van der Waals surface area contributed by atoms with Gasteiger partial charge in [0.2, 0.25) is 5.91 Å². The normalized spacial score (nSPS) is 10.7. The number of amides is 1. The number of aryl methyl sites for hydroxylation is 1. The Hall–Kier alpha value is -2.14. The maximum absolute atomic E-state index is 10.9. The predicted octanol–water partition coefficient (Wildman–Crippen LogP) is 3.81.